The summed E-state index contributed by atoms with van der Waals surface area (Å²) in [5.74, 6) is 0. The summed E-state index contributed by atoms with van der Waals surface area (Å²) in [6.07, 6.45) is 0. The quantitative estimate of drug-likeness (QED) is 0.177. The Kier molecular flexibility index (Phi) is 6.86. The van der Waals surface area contributed by atoms with Gasteiger partial charge in [-0.3, -0.25) is 4.40 Å². The van der Waals surface area contributed by atoms with E-state index in [0.717, 1.165) is 44.6 Å². The van der Waals surface area contributed by atoms with Crippen molar-refractivity contribution in [3.8, 4) is 50.3 Å². The second-order valence-corrected chi connectivity index (χ2v) is 14.0. The molecule has 3 heterocycles. The summed E-state index contributed by atoms with van der Waals surface area (Å²) < 4.78 is 4.74. The summed E-state index contributed by atoms with van der Waals surface area (Å²) in [7, 11) is 0. The molecule has 0 radical (unpaired) electrons. The lowest BCUT2D eigenvalue weighted by Crippen LogP contribution is -1.94. The summed E-state index contributed by atoms with van der Waals surface area (Å²) in [5.41, 5.74) is 16.1. The summed E-state index contributed by atoms with van der Waals surface area (Å²) >= 11 is 0. The van der Waals surface area contributed by atoms with E-state index >= 15 is 0 Å². The Labute approximate surface area is 312 Å². The molecule has 3 heteroatoms. The molecule has 11 aromatic rings. The van der Waals surface area contributed by atoms with E-state index in [1.807, 2.05) is 0 Å². The largest absolute Gasteiger partial charge is 0.309 e. The highest BCUT2D eigenvalue weighted by Gasteiger charge is 2.17. The fourth-order valence-corrected chi connectivity index (χ4v) is 8.26. The Morgan fingerprint density at radius 3 is 1.46 bits per heavy atom. The molecule has 0 aliphatic heterocycles. The molecule has 0 spiro atoms. The van der Waals surface area contributed by atoms with Gasteiger partial charge in [-0.05, 0) is 98.9 Å². The summed E-state index contributed by atoms with van der Waals surface area (Å²) in [4.78, 5) is 5.18. The number of fused-ring (bicyclic) bond motifs is 8. The monoisotopic (exact) mass is 687 g/mol. The fourth-order valence-electron chi connectivity index (χ4n) is 8.26. The van der Waals surface area contributed by atoms with E-state index in [1.54, 1.807) is 0 Å². The van der Waals surface area contributed by atoms with Crippen molar-refractivity contribution >= 4 is 49.3 Å². The maximum atomic E-state index is 5.18. The number of benzene rings is 8. The molecule has 0 saturated heterocycles. The zero-order chi connectivity index (χ0) is 35.6. The molecule has 0 aliphatic carbocycles. The predicted octanol–water partition coefficient (Wildman–Crippen LogP) is 13.4. The average molecular weight is 688 g/mol. The molecule has 0 unspecified atom stereocenters. The van der Waals surface area contributed by atoms with Crippen LogP contribution in [0.4, 0.5) is 0 Å². The van der Waals surface area contributed by atoms with Crippen molar-refractivity contribution in [2.45, 2.75) is 0 Å². The predicted molar refractivity (Wildman–Crippen MR) is 226 cm³/mol. The second-order valence-electron chi connectivity index (χ2n) is 14.0. The standard InChI is InChI=1S/C51H33N3/c1-4-12-34(13-5-1)38-23-28-47-44(30-38)45-31-39(35-14-6-2-7-15-35)24-29-48(45)53(47)42-25-20-36(21-26-42)40-22-27-46-50(32-40)54-49(37-16-8-3-9-17-37)33-41-18-10-11-19-43(41)51(54)52-46/h1-33H. The molecule has 0 bridgehead atoms. The fraction of sp³-hybridized carbons (Fsp3) is 0. The van der Waals surface area contributed by atoms with Gasteiger partial charge in [0.1, 0.15) is 5.65 Å². The van der Waals surface area contributed by atoms with Gasteiger partial charge in [0.15, 0.2) is 0 Å². The van der Waals surface area contributed by atoms with Gasteiger partial charge in [0.25, 0.3) is 0 Å². The van der Waals surface area contributed by atoms with Gasteiger partial charge in [-0.25, -0.2) is 4.98 Å². The zero-order valence-electron chi connectivity index (χ0n) is 29.4. The SMILES string of the molecule is c1ccc(-c2ccc3c(c2)c2cc(-c4ccccc4)ccc2n3-c2ccc(-c3ccc4nc5c6ccccc6cc(-c6ccccc6)n5c4c3)cc2)cc1. The lowest BCUT2D eigenvalue weighted by Gasteiger charge is -2.11. The Hall–Kier alpha value is -7.23. The molecule has 0 saturated carbocycles. The topological polar surface area (TPSA) is 22.2 Å². The van der Waals surface area contributed by atoms with Gasteiger partial charge in [-0.2, -0.15) is 0 Å². The molecule has 252 valence electrons. The summed E-state index contributed by atoms with van der Waals surface area (Å²) in [6.45, 7) is 0. The lowest BCUT2D eigenvalue weighted by molar-refractivity contribution is 1.18. The summed E-state index contributed by atoms with van der Waals surface area (Å²) in [6, 6.07) is 72.2. The van der Waals surface area contributed by atoms with E-state index in [0.29, 0.717) is 0 Å². The van der Waals surface area contributed by atoms with E-state index < -0.39 is 0 Å². The van der Waals surface area contributed by atoms with Crippen LogP contribution in [-0.2, 0) is 0 Å². The minimum absolute atomic E-state index is 0.978. The van der Waals surface area contributed by atoms with Crippen molar-refractivity contribution in [3.63, 3.8) is 0 Å². The van der Waals surface area contributed by atoms with Gasteiger partial charge < -0.3 is 4.57 Å². The van der Waals surface area contributed by atoms with E-state index in [-0.39, 0.29) is 0 Å². The van der Waals surface area contributed by atoms with Crippen LogP contribution in [0.1, 0.15) is 0 Å². The van der Waals surface area contributed by atoms with Crippen molar-refractivity contribution in [2.24, 2.45) is 0 Å². The van der Waals surface area contributed by atoms with Crippen molar-refractivity contribution in [2.75, 3.05) is 0 Å². The molecule has 0 amide bonds. The number of hydrogen-bond donors (Lipinski definition) is 0. The Morgan fingerprint density at radius 1 is 0.333 bits per heavy atom. The highest BCUT2D eigenvalue weighted by molar-refractivity contribution is 6.11. The lowest BCUT2D eigenvalue weighted by atomic mass is 10.0. The molecule has 0 N–H and O–H groups in total. The van der Waals surface area contributed by atoms with Crippen LogP contribution in [0.15, 0.2) is 200 Å². The van der Waals surface area contributed by atoms with Crippen LogP contribution < -0.4 is 0 Å². The van der Waals surface area contributed by atoms with Gasteiger partial charge in [-0.1, -0.05) is 146 Å². The van der Waals surface area contributed by atoms with Crippen LogP contribution in [-0.4, -0.2) is 14.0 Å². The average Bonchev–Trinajstić information content (AvgIpc) is 3.80. The first-order valence-electron chi connectivity index (χ1n) is 18.5. The van der Waals surface area contributed by atoms with Crippen LogP contribution in [0.3, 0.4) is 0 Å². The van der Waals surface area contributed by atoms with Crippen LogP contribution in [0.5, 0.6) is 0 Å². The second kappa shape index (κ2) is 12.2. The minimum Gasteiger partial charge on any atom is -0.309 e. The Morgan fingerprint density at radius 2 is 0.833 bits per heavy atom. The summed E-state index contributed by atoms with van der Waals surface area (Å²) in [5, 5.41) is 4.82. The molecule has 54 heavy (non-hydrogen) atoms. The maximum absolute atomic E-state index is 5.18. The van der Waals surface area contributed by atoms with Gasteiger partial charge in [-0.15, -0.1) is 0 Å². The van der Waals surface area contributed by atoms with Gasteiger partial charge in [0.2, 0.25) is 0 Å². The molecule has 3 nitrogen and oxygen atoms in total. The van der Waals surface area contributed by atoms with Crippen molar-refractivity contribution in [3.05, 3.63) is 200 Å². The van der Waals surface area contributed by atoms with Crippen molar-refractivity contribution in [1.29, 1.82) is 0 Å². The van der Waals surface area contributed by atoms with Crippen LogP contribution in [0.2, 0.25) is 0 Å². The van der Waals surface area contributed by atoms with E-state index in [2.05, 4.69) is 209 Å². The molecule has 3 aromatic heterocycles. The van der Waals surface area contributed by atoms with Crippen LogP contribution >= 0.6 is 0 Å². The molecule has 0 fully saturated rings. The molecule has 8 aromatic carbocycles. The van der Waals surface area contributed by atoms with E-state index in [4.69, 9.17) is 4.98 Å². The van der Waals surface area contributed by atoms with Gasteiger partial charge >= 0.3 is 0 Å². The highest BCUT2D eigenvalue weighted by atomic mass is 15.0. The first-order valence-corrected chi connectivity index (χ1v) is 18.5. The van der Waals surface area contributed by atoms with Crippen LogP contribution in [0, 0.1) is 0 Å². The third-order valence-corrected chi connectivity index (χ3v) is 10.9. The Bertz CT molecular complexity index is 3080. The molecule has 11 rings (SSSR count). The normalized spacial score (nSPS) is 11.7. The number of hydrogen-bond acceptors (Lipinski definition) is 1. The molecule has 0 atom stereocenters. The number of pyridine rings is 1. The van der Waals surface area contributed by atoms with E-state index in [9.17, 15) is 0 Å². The first kappa shape index (κ1) is 30.4. The number of rotatable bonds is 5. The third kappa shape index (κ3) is 4.87. The van der Waals surface area contributed by atoms with Crippen molar-refractivity contribution in [1.82, 2.24) is 14.0 Å². The molecular weight excluding hydrogens is 655 g/mol. The number of imidazole rings is 1. The number of aromatic nitrogens is 3. The molecular formula is C51H33N3. The minimum atomic E-state index is 0.978. The van der Waals surface area contributed by atoms with Crippen LogP contribution in [0.25, 0.3) is 99.6 Å². The smallest absolute Gasteiger partial charge is 0.146 e. The number of nitrogens with zero attached hydrogens (tertiary/aromatic N) is 3. The van der Waals surface area contributed by atoms with Gasteiger partial charge in [0.05, 0.1) is 27.8 Å². The first-order chi connectivity index (χ1) is 26.8. The third-order valence-electron chi connectivity index (χ3n) is 10.9. The zero-order valence-corrected chi connectivity index (χ0v) is 29.4. The molecule has 0 aliphatic rings. The Balaban J connectivity index is 1.06. The van der Waals surface area contributed by atoms with Gasteiger partial charge in [0, 0.05) is 21.8 Å². The highest BCUT2D eigenvalue weighted by Crippen LogP contribution is 2.38. The maximum Gasteiger partial charge on any atom is 0.146 e. The van der Waals surface area contributed by atoms with E-state index in [1.165, 1.54) is 55.0 Å². The van der Waals surface area contributed by atoms with Crippen molar-refractivity contribution < 1.29 is 0 Å².